The van der Waals surface area contributed by atoms with E-state index in [1.807, 2.05) is 6.20 Å². The molecule has 0 aliphatic heterocycles. The number of nitrogens with zero attached hydrogens (tertiary/aromatic N) is 2. The highest BCUT2D eigenvalue weighted by Gasteiger charge is 2.19. The number of aromatic nitrogens is 2. The Kier molecular flexibility index (Phi) is 4.69. The standard InChI is InChI=1S/C13H20N2O2S/c1-10-3-2-4-11(6-5-10)15-8-7-14-13(15)18-9-12(16)17/h7-8,10-11H,2-6,9H2,1H3,(H,16,17). The van der Waals surface area contributed by atoms with Gasteiger partial charge < -0.3 is 9.67 Å². The van der Waals surface area contributed by atoms with Gasteiger partial charge in [0.1, 0.15) is 0 Å². The molecule has 1 aliphatic rings. The molecule has 4 nitrogen and oxygen atoms in total. The molecule has 5 heteroatoms. The van der Waals surface area contributed by atoms with Crippen LogP contribution in [0.1, 0.15) is 45.1 Å². The van der Waals surface area contributed by atoms with Gasteiger partial charge in [-0.1, -0.05) is 31.5 Å². The molecule has 0 spiro atoms. The molecule has 1 N–H and O–H groups in total. The van der Waals surface area contributed by atoms with Crippen molar-refractivity contribution in [2.24, 2.45) is 5.92 Å². The molecule has 0 amide bonds. The Morgan fingerprint density at radius 1 is 1.50 bits per heavy atom. The van der Waals surface area contributed by atoms with Gasteiger partial charge in [-0.05, 0) is 25.2 Å². The van der Waals surface area contributed by atoms with E-state index in [-0.39, 0.29) is 5.75 Å². The summed E-state index contributed by atoms with van der Waals surface area (Å²) in [6.07, 6.45) is 9.95. The first-order chi connectivity index (χ1) is 8.66. The number of hydrogen-bond acceptors (Lipinski definition) is 3. The average Bonchev–Trinajstić information content (AvgIpc) is 2.69. The van der Waals surface area contributed by atoms with Crippen molar-refractivity contribution in [1.29, 1.82) is 0 Å². The summed E-state index contributed by atoms with van der Waals surface area (Å²) in [6, 6.07) is 0.494. The lowest BCUT2D eigenvalue weighted by Crippen LogP contribution is -2.09. The van der Waals surface area contributed by atoms with E-state index in [1.165, 1.54) is 43.9 Å². The molecule has 18 heavy (non-hydrogen) atoms. The van der Waals surface area contributed by atoms with Crippen LogP contribution in [-0.4, -0.2) is 26.4 Å². The van der Waals surface area contributed by atoms with E-state index in [0.29, 0.717) is 6.04 Å². The predicted molar refractivity (Wildman–Crippen MR) is 71.9 cm³/mol. The molecule has 1 aromatic rings. The molecule has 0 bridgehead atoms. The molecule has 1 aliphatic carbocycles. The Bertz CT molecular complexity index is 405. The maximum absolute atomic E-state index is 10.6. The van der Waals surface area contributed by atoms with Crippen molar-refractivity contribution in [2.45, 2.75) is 50.2 Å². The second-order valence-electron chi connectivity index (χ2n) is 5.07. The first kappa shape index (κ1) is 13.5. The number of carbonyl (C=O) groups is 1. The van der Waals surface area contributed by atoms with Crippen LogP contribution in [0.25, 0.3) is 0 Å². The maximum atomic E-state index is 10.6. The van der Waals surface area contributed by atoms with Gasteiger partial charge in [-0.15, -0.1) is 0 Å². The Morgan fingerprint density at radius 3 is 3.11 bits per heavy atom. The van der Waals surface area contributed by atoms with Crippen LogP contribution in [0.5, 0.6) is 0 Å². The van der Waals surface area contributed by atoms with Crippen molar-refractivity contribution in [1.82, 2.24) is 9.55 Å². The van der Waals surface area contributed by atoms with Gasteiger partial charge in [0, 0.05) is 18.4 Å². The van der Waals surface area contributed by atoms with E-state index in [9.17, 15) is 4.79 Å². The zero-order valence-electron chi connectivity index (χ0n) is 10.7. The molecule has 1 aromatic heterocycles. The number of carboxylic acids is 1. The van der Waals surface area contributed by atoms with Crippen molar-refractivity contribution in [2.75, 3.05) is 5.75 Å². The maximum Gasteiger partial charge on any atom is 0.313 e. The van der Waals surface area contributed by atoms with Gasteiger partial charge in [0.15, 0.2) is 5.16 Å². The summed E-state index contributed by atoms with van der Waals surface area (Å²) in [5.74, 6) is 0.109. The fourth-order valence-electron chi connectivity index (χ4n) is 2.56. The van der Waals surface area contributed by atoms with Gasteiger partial charge in [-0.2, -0.15) is 0 Å². The lowest BCUT2D eigenvalue weighted by molar-refractivity contribution is -0.133. The zero-order chi connectivity index (χ0) is 13.0. The second-order valence-corrected chi connectivity index (χ2v) is 6.01. The molecular formula is C13H20N2O2S. The third kappa shape index (κ3) is 3.51. The lowest BCUT2D eigenvalue weighted by atomic mass is 10.0. The predicted octanol–water partition coefficient (Wildman–Crippen LogP) is 3.20. The summed E-state index contributed by atoms with van der Waals surface area (Å²) in [5, 5.41) is 9.58. The van der Waals surface area contributed by atoms with E-state index in [2.05, 4.69) is 16.5 Å². The quantitative estimate of drug-likeness (QED) is 0.673. The summed E-state index contributed by atoms with van der Waals surface area (Å²) >= 11 is 1.32. The molecule has 1 heterocycles. The fourth-order valence-corrected chi connectivity index (χ4v) is 3.31. The third-order valence-electron chi connectivity index (χ3n) is 3.58. The zero-order valence-corrected chi connectivity index (χ0v) is 11.5. The molecule has 1 fully saturated rings. The van der Waals surface area contributed by atoms with Gasteiger partial charge in [-0.25, -0.2) is 4.98 Å². The molecule has 1 saturated carbocycles. The van der Waals surface area contributed by atoms with Gasteiger partial charge in [0.2, 0.25) is 0 Å². The normalized spacial score (nSPS) is 24.7. The van der Waals surface area contributed by atoms with Crippen molar-refractivity contribution in [3.63, 3.8) is 0 Å². The summed E-state index contributed by atoms with van der Waals surface area (Å²) < 4.78 is 2.17. The van der Waals surface area contributed by atoms with Crippen LogP contribution >= 0.6 is 11.8 Å². The van der Waals surface area contributed by atoms with Crippen LogP contribution in [0.15, 0.2) is 17.6 Å². The molecule has 2 atom stereocenters. The van der Waals surface area contributed by atoms with Gasteiger partial charge >= 0.3 is 5.97 Å². The molecule has 0 radical (unpaired) electrons. The van der Waals surface area contributed by atoms with Crippen LogP contribution in [-0.2, 0) is 4.79 Å². The highest BCUT2D eigenvalue weighted by Crippen LogP contribution is 2.32. The molecular weight excluding hydrogens is 248 g/mol. The van der Waals surface area contributed by atoms with E-state index in [4.69, 9.17) is 5.11 Å². The molecule has 0 aromatic carbocycles. The van der Waals surface area contributed by atoms with E-state index in [1.54, 1.807) is 6.20 Å². The van der Waals surface area contributed by atoms with Gasteiger partial charge in [0.25, 0.3) is 0 Å². The topological polar surface area (TPSA) is 55.1 Å². The van der Waals surface area contributed by atoms with Crippen molar-refractivity contribution in [3.8, 4) is 0 Å². The molecule has 2 rings (SSSR count). The van der Waals surface area contributed by atoms with Gasteiger partial charge in [-0.3, -0.25) is 4.79 Å². The SMILES string of the molecule is CC1CCCC(n2ccnc2SCC(=O)O)CC1. The number of carboxylic acid groups (broad SMARTS) is 1. The van der Waals surface area contributed by atoms with Crippen molar-refractivity contribution < 1.29 is 9.90 Å². The summed E-state index contributed by atoms with van der Waals surface area (Å²) in [7, 11) is 0. The van der Waals surface area contributed by atoms with Gasteiger partial charge in [0.05, 0.1) is 5.75 Å². The van der Waals surface area contributed by atoms with E-state index < -0.39 is 5.97 Å². The Labute approximate surface area is 112 Å². The average molecular weight is 268 g/mol. The molecule has 100 valence electrons. The second kappa shape index (κ2) is 6.27. The first-order valence-electron chi connectivity index (χ1n) is 6.54. The van der Waals surface area contributed by atoms with Crippen molar-refractivity contribution in [3.05, 3.63) is 12.4 Å². The highest BCUT2D eigenvalue weighted by atomic mass is 32.2. The number of thioether (sulfide) groups is 1. The number of rotatable bonds is 4. The fraction of sp³-hybridized carbons (Fsp3) is 0.692. The molecule has 0 saturated heterocycles. The van der Waals surface area contributed by atoms with Crippen LogP contribution < -0.4 is 0 Å². The Morgan fingerprint density at radius 2 is 2.33 bits per heavy atom. The number of aliphatic carboxylic acids is 1. The van der Waals surface area contributed by atoms with Crippen LogP contribution in [0, 0.1) is 5.92 Å². The monoisotopic (exact) mass is 268 g/mol. The minimum Gasteiger partial charge on any atom is -0.481 e. The summed E-state index contributed by atoms with van der Waals surface area (Å²) in [4.78, 5) is 14.9. The van der Waals surface area contributed by atoms with Crippen LogP contribution in [0.4, 0.5) is 0 Å². The number of imidazole rings is 1. The van der Waals surface area contributed by atoms with Crippen LogP contribution in [0.2, 0.25) is 0 Å². The Hall–Kier alpha value is -0.970. The van der Waals surface area contributed by atoms with Crippen molar-refractivity contribution >= 4 is 17.7 Å². The Balaban J connectivity index is 2.03. The molecule has 2 unspecified atom stereocenters. The van der Waals surface area contributed by atoms with E-state index in [0.717, 1.165) is 11.1 Å². The summed E-state index contributed by atoms with van der Waals surface area (Å²) in [5.41, 5.74) is 0. The summed E-state index contributed by atoms with van der Waals surface area (Å²) in [6.45, 7) is 2.32. The van der Waals surface area contributed by atoms with E-state index >= 15 is 0 Å². The minimum atomic E-state index is -0.788. The first-order valence-corrected chi connectivity index (χ1v) is 7.53. The largest absolute Gasteiger partial charge is 0.481 e. The minimum absolute atomic E-state index is 0.0835. The van der Waals surface area contributed by atoms with Crippen LogP contribution in [0.3, 0.4) is 0 Å². The smallest absolute Gasteiger partial charge is 0.313 e. The highest BCUT2D eigenvalue weighted by molar-refractivity contribution is 7.99. The lowest BCUT2D eigenvalue weighted by Gasteiger charge is -2.18. The third-order valence-corrected chi connectivity index (χ3v) is 4.54. The number of hydrogen-bond donors (Lipinski definition) is 1.